The van der Waals surface area contributed by atoms with Crippen molar-refractivity contribution in [3.8, 4) is 0 Å². The second-order valence-corrected chi connectivity index (χ2v) is 6.37. The lowest BCUT2D eigenvalue weighted by Crippen LogP contribution is -2.51. The topological polar surface area (TPSA) is 0 Å². The molecule has 6 atom stereocenters. The van der Waals surface area contributed by atoms with Crippen LogP contribution in [0.4, 0.5) is 0 Å². The molecule has 4 aliphatic rings. The van der Waals surface area contributed by atoms with Crippen LogP contribution in [0, 0.1) is 39.9 Å². The summed E-state index contributed by atoms with van der Waals surface area (Å²) >= 11 is 0. The normalized spacial score (nSPS) is 80.2. The summed E-state index contributed by atoms with van der Waals surface area (Å²) in [5.41, 5.74) is 2.65. The lowest BCUT2D eigenvalue weighted by Gasteiger charge is -2.55. The van der Waals surface area contributed by atoms with E-state index in [0.717, 1.165) is 28.1 Å². The fourth-order valence-corrected chi connectivity index (χ4v) is 5.91. The third kappa shape index (κ3) is 0.249. The van der Waals surface area contributed by atoms with E-state index >= 15 is 0 Å². The molecule has 6 unspecified atom stereocenters. The van der Waals surface area contributed by atoms with Crippen molar-refractivity contribution in [1.82, 2.24) is 0 Å². The molecule has 66 valence electrons. The molecule has 0 bridgehead atoms. The Hall–Kier alpha value is 0. The molecule has 4 saturated carbocycles. The maximum absolute atomic E-state index is 2.57. The molecule has 4 aliphatic carbocycles. The molecule has 0 saturated heterocycles. The summed E-state index contributed by atoms with van der Waals surface area (Å²) in [6.07, 6.45) is 1.62. The van der Waals surface area contributed by atoms with Gasteiger partial charge in [0.2, 0.25) is 0 Å². The van der Waals surface area contributed by atoms with Gasteiger partial charge in [-0.3, -0.25) is 0 Å². The summed E-state index contributed by atoms with van der Waals surface area (Å²) in [5.74, 6) is 4.37. The van der Waals surface area contributed by atoms with Gasteiger partial charge in [0, 0.05) is 0 Å². The zero-order chi connectivity index (χ0) is 8.52. The highest BCUT2D eigenvalue weighted by Crippen LogP contribution is 3.19. The molecule has 0 radical (unpaired) electrons. The Bertz CT molecular complexity index is 305. The molecule has 0 amide bonds. The second-order valence-electron chi connectivity index (χ2n) is 6.37. The first-order valence-corrected chi connectivity index (χ1v) is 5.56. The van der Waals surface area contributed by atoms with Gasteiger partial charge in [-0.1, -0.05) is 27.7 Å². The molecule has 0 heterocycles. The third-order valence-electron chi connectivity index (χ3n) is 6.74. The quantitative estimate of drug-likeness (QED) is 0.556. The lowest BCUT2D eigenvalue weighted by molar-refractivity contribution is -0.0798. The Morgan fingerprint density at radius 3 is 2.25 bits per heavy atom. The average Bonchev–Trinajstić information content (AvgIpc) is 2.85. The summed E-state index contributed by atoms with van der Waals surface area (Å²) in [6, 6.07) is 0. The van der Waals surface area contributed by atoms with Gasteiger partial charge in [-0.2, -0.15) is 0 Å². The van der Waals surface area contributed by atoms with E-state index < -0.39 is 0 Å². The van der Waals surface area contributed by atoms with Gasteiger partial charge in [-0.05, 0) is 46.3 Å². The van der Waals surface area contributed by atoms with Crippen molar-refractivity contribution in [1.29, 1.82) is 0 Å². The van der Waals surface area contributed by atoms with Crippen molar-refractivity contribution < 1.29 is 0 Å². The standard InChI is InChI=1S/C12H18/c1-6(2)10(4)7(3)9-11-5-8(11)12(9,10)11/h6-9H,5H2,1-4H3. The van der Waals surface area contributed by atoms with Crippen LogP contribution in [-0.2, 0) is 0 Å². The first-order valence-electron chi connectivity index (χ1n) is 5.56. The molecule has 0 N–H and O–H groups in total. The fraction of sp³-hybridized carbons (Fsp3) is 1.00. The van der Waals surface area contributed by atoms with Crippen LogP contribution in [0.2, 0.25) is 0 Å². The molecule has 0 aromatic rings. The van der Waals surface area contributed by atoms with Crippen LogP contribution in [0.15, 0.2) is 0 Å². The molecule has 0 nitrogen and oxygen atoms in total. The van der Waals surface area contributed by atoms with Gasteiger partial charge in [0.05, 0.1) is 0 Å². The minimum absolute atomic E-state index is 0.737. The van der Waals surface area contributed by atoms with E-state index in [9.17, 15) is 0 Å². The van der Waals surface area contributed by atoms with Gasteiger partial charge in [0.15, 0.2) is 0 Å². The van der Waals surface area contributed by atoms with E-state index in [0.29, 0.717) is 0 Å². The molecular weight excluding hydrogens is 144 g/mol. The van der Waals surface area contributed by atoms with Crippen LogP contribution in [0.3, 0.4) is 0 Å². The van der Waals surface area contributed by atoms with Crippen molar-refractivity contribution in [2.24, 2.45) is 39.9 Å². The van der Waals surface area contributed by atoms with Gasteiger partial charge < -0.3 is 0 Å². The largest absolute Gasteiger partial charge is 0.0622 e. The van der Waals surface area contributed by atoms with Gasteiger partial charge in [0.1, 0.15) is 0 Å². The van der Waals surface area contributed by atoms with Crippen LogP contribution in [0.5, 0.6) is 0 Å². The molecule has 0 aromatic heterocycles. The van der Waals surface area contributed by atoms with E-state index in [2.05, 4.69) is 27.7 Å². The van der Waals surface area contributed by atoms with Gasteiger partial charge in [-0.25, -0.2) is 0 Å². The highest BCUT2D eigenvalue weighted by atomic mass is 15.2. The highest BCUT2D eigenvalue weighted by molar-refractivity contribution is 5.62. The number of hydrogen-bond donors (Lipinski definition) is 0. The summed E-state index contributed by atoms with van der Waals surface area (Å²) < 4.78 is 0. The van der Waals surface area contributed by atoms with Crippen LogP contribution < -0.4 is 0 Å². The monoisotopic (exact) mass is 162 g/mol. The van der Waals surface area contributed by atoms with Crippen molar-refractivity contribution in [3.05, 3.63) is 0 Å². The zero-order valence-electron chi connectivity index (χ0n) is 8.52. The predicted molar refractivity (Wildman–Crippen MR) is 48.6 cm³/mol. The maximum Gasteiger partial charge on any atom is -0.0105 e. The number of hydrogen-bond acceptors (Lipinski definition) is 0. The average molecular weight is 162 g/mol. The molecule has 4 fully saturated rings. The Balaban J connectivity index is 1.82. The molecule has 12 heavy (non-hydrogen) atoms. The van der Waals surface area contributed by atoms with E-state index in [4.69, 9.17) is 0 Å². The summed E-state index contributed by atoms with van der Waals surface area (Å²) in [4.78, 5) is 0. The first-order chi connectivity index (χ1) is 5.56. The first kappa shape index (κ1) is 6.45. The maximum atomic E-state index is 2.57. The Morgan fingerprint density at radius 1 is 1.33 bits per heavy atom. The van der Waals surface area contributed by atoms with Gasteiger partial charge in [0.25, 0.3) is 0 Å². The third-order valence-corrected chi connectivity index (χ3v) is 6.74. The molecule has 0 heteroatoms. The molecule has 4 rings (SSSR count). The van der Waals surface area contributed by atoms with E-state index in [1.165, 1.54) is 11.8 Å². The van der Waals surface area contributed by atoms with Gasteiger partial charge >= 0.3 is 0 Å². The Labute approximate surface area is 74.7 Å². The van der Waals surface area contributed by atoms with E-state index in [1.807, 2.05) is 0 Å². The summed E-state index contributed by atoms with van der Waals surface area (Å²) in [7, 11) is 0. The van der Waals surface area contributed by atoms with Crippen molar-refractivity contribution in [2.45, 2.75) is 34.1 Å². The van der Waals surface area contributed by atoms with Crippen LogP contribution in [-0.4, -0.2) is 0 Å². The van der Waals surface area contributed by atoms with Crippen LogP contribution in [0.25, 0.3) is 0 Å². The van der Waals surface area contributed by atoms with E-state index in [1.54, 1.807) is 6.42 Å². The SMILES string of the molecule is CC(C)C1(C)C(C)C2C34CC3C214. The fourth-order valence-electron chi connectivity index (χ4n) is 5.91. The highest BCUT2D eigenvalue weighted by Gasteiger charge is 3.16. The smallest absolute Gasteiger partial charge is 0.0105 e. The second kappa shape index (κ2) is 1.14. The predicted octanol–water partition coefficient (Wildman–Crippen LogP) is 2.93. The molecule has 2 spiro atoms. The van der Waals surface area contributed by atoms with Crippen molar-refractivity contribution >= 4 is 0 Å². The minimum atomic E-state index is 0.737. The van der Waals surface area contributed by atoms with E-state index in [-0.39, 0.29) is 0 Å². The molecular formula is C12H18. The minimum Gasteiger partial charge on any atom is -0.0622 e. The summed E-state index contributed by atoms with van der Waals surface area (Å²) in [6.45, 7) is 9.95. The number of rotatable bonds is 1. The zero-order valence-corrected chi connectivity index (χ0v) is 8.52. The van der Waals surface area contributed by atoms with Crippen molar-refractivity contribution in [2.75, 3.05) is 0 Å². The summed E-state index contributed by atoms with van der Waals surface area (Å²) in [5, 5.41) is 0. The van der Waals surface area contributed by atoms with Crippen LogP contribution >= 0.6 is 0 Å². The lowest BCUT2D eigenvalue weighted by atomic mass is 9.49. The molecule has 0 aliphatic heterocycles. The van der Waals surface area contributed by atoms with Crippen LogP contribution in [0.1, 0.15) is 34.1 Å². The Kier molecular flexibility index (Phi) is 0.616. The van der Waals surface area contributed by atoms with Crippen molar-refractivity contribution in [3.63, 3.8) is 0 Å². The van der Waals surface area contributed by atoms with Gasteiger partial charge in [-0.15, -0.1) is 0 Å². The molecule has 0 aromatic carbocycles. The Morgan fingerprint density at radius 2 is 2.00 bits per heavy atom.